The molecular weight excluding hydrogens is 361 g/mol. The highest BCUT2D eigenvalue weighted by atomic mass is 35.5. The van der Waals surface area contributed by atoms with E-state index in [9.17, 15) is 0 Å². The third-order valence-corrected chi connectivity index (χ3v) is 5.32. The molecular formula is C15H22Cl3N3S. The second-order valence-electron chi connectivity index (χ2n) is 5.45. The van der Waals surface area contributed by atoms with Crippen molar-refractivity contribution in [1.29, 1.82) is 0 Å². The van der Waals surface area contributed by atoms with Crippen LogP contribution in [0, 0.1) is 0 Å². The van der Waals surface area contributed by atoms with Crippen molar-refractivity contribution in [2.24, 2.45) is 4.99 Å². The standard InChI is InChI=1S/C15H20ClN3S.2ClH/c1-11(19-6-2-3-7-19)10-20-15-17-9-12-8-13(16)4-5-14(12)18-15;;/h4-5,8,11H,2-3,6-7,9-10H2,1H3,(H,17,18);2*1H/t11-;;/m0../s1. The van der Waals surface area contributed by atoms with Gasteiger partial charge in [-0.1, -0.05) is 23.4 Å². The molecule has 1 aromatic rings. The molecule has 3 rings (SSSR count). The van der Waals surface area contributed by atoms with Crippen LogP contribution in [0.3, 0.4) is 0 Å². The molecule has 2 aliphatic rings. The molecule has 2 aliphatic heterocycles. The van der Waals surface area contributed by atoms with Crippen molar-refractivity contribution in [3.05, 3.63) is 28.8 Å². The van der Waals surface area contributed by atoms with Gasteiger partial charge in [-0.25, -0.2) is 0 Å². The number of amidine groups is 1. The van der Waals surface area contributed by atoms with Crippen LogP contribution in [0.15, 0.2) is 23.2 Å². The number of likely N-dealkylation sites (tertiary alicyclic amines) is 1. The van der Waals surface area contributed by atoms with Crippen molar-refractivity contribution >= 4 is 59.0 Å². The summed E-state index contributed by atoms with van der Waals surface area (Å²) >= 11 is 7.83. The molecule has 1 N–H and O–H groups in total. The van der Waals surface area contributed by atoms with Crippen LogP contribution >= 0.6 is 48.2 Å². The topological polar surface area (TPSA) is 27.6 Å². The maximum absolute atomic E-state index is 6.00. The fraction of sp³-hybridized carbons (Fsp3) is 0.533. The quantitative estimate of drug-likeness (QED) is 0.822. The molecule has 124 valence electrons. The molecule has 7 heteroatoms. The van der Waals surface area contributed by atoms with Gasteiger partial charge in [-0.3, -0.25) is 9.89 Å². The highest BCUT2D eigenvalue weighted by Gasteiger charge is 2.19. The number of thioether (sulfide) groups is 1. The molecule has 1 saturated heterocycles. The van der Waals surface area contributed by atoms with Crippen LogP contribution in [0.2, 0.25) is 5.02 Å². The van der Waals surface area contributed by atoms with Gasteiger partial charge in [-0.15, -0.1) is 24.8 Å². The van der Waals surface area contributed by atoms with Crippen LogP contribution in [-0.4, -0.2) is 35.0 Å². The first-order chi connectivity index (χ1) is 9.72. The highest BCUT2D eigenvalue weighted by molar-refractivity contribution is 8.14. The normalized spacial score (nSPS) is 18.4. The molecule has 1 fully saturated rings. The number of fused-ring (bicyclic) bond motifs is 1. The minimum absolute atomic E-state index is 0. The number of halogens is 3. The van der Waals surface area contributed by atoms with Gasteiger partial charge in [0.05, 0.1) is 6.54 Å². The first-order valence-corrected chi connectivity index (χ1v) is 8.55. The van der Waals surface area contributed by atoms with E-state index in [0.29, 0.717) is 6.04 Å². The van der Waals surface area contributed by atoms with Gasteiger partial charge in [0.1, 0.15) is 0 Å². The lowest BCUT2D eigenvalue weighted by atomic mass is 10.1. The van der Waals surface area contributed by atoms with E-state index in [1.165, 1.54) is 31.5 Å². The SMILES string of the molecule is C[C@@H](CSC1=NCc2cc(Cl)ccc2N1)N1CCCC1.Cl.Cl. The molecule has 0 amide bonds. The largest absolute Gasteiger partial charge is 0.335 e. The smallest absolute Gasteiger partial charge is 0.161 e. The molecule has 0 saturated carbocycles. The zero-order valence-corrected chi connectivity index (χ0v) is 15.8. The molecule has 3 nitrogen and oxygen atoms in total. The Bertz CT molecular complexity index is 519. The molecule has 0 aliphatic carbocycles. The van der Waals surface area contributed by atoms with Crippen molar-refractivity contribution in [1.82, 2.24) is 4.90 Å². The van der Waals surface area contributed by atoms with E-state index in [1.54, 1.807) is 0 Å². The summed E-state index contributed by atoms with van der Waals surface area (Å²) in [5.74, 6) is 1.09. The van der Waals surface area contributed by atoms with Gasteiger partial charge < -0.3 is 5.32 Å². The molecule has 22 heavy (non-hydrogen) atoms. The number of nitrogens with zero attached hydrogens (tertiary/aromatic N) is 2. The van der Waals surface area contributed by atoms with Crippen LogP contribution in [-0.2, 0) is 6.54 Å². The zero-order chi connectivity index (χ0) is 13.9. The first-order valence-electron chi connectivity index (χ1n) is 7.19. The van der Waals surface area contributed by atoms with Crippen LogP contribution in [0.25, 0.3) is 0 Å². The van der Waals surface area contributed by atoms with E-state index in [4.69, 9.17) is 11.6 Å². The number of nitrogens with one attached hydrogen (secondary N) is 1. The van der Waals surface area contributed by atoms with Crippen LogP contribution in [0.4, 0.5) is 5.69 Å². The van der Waals surface area contributed by atoms with Crippen LogP contribution in [0.5, 0.6) is 0 Å². The minimum Gasteiger partial charge on any atom is -0.335 e. The summed E-state index contributed by atoms with van der Waals surface area (Å²) in [5.41, 5.74) is 2.31. The first kappa shape index (κ1) is 19.9. The lowest BCUT2D eigenvalue weighted by molar-refractivity contribution is 0.280. The molecule has 0 spiro atoms. The minimum atomic E-state index is 0. The van der Waals surface area contributed by atoms with Crippen molar-refractivity contribution < 1.29 is 0 Å². The van der Waals surface area contributed by atoms with Gasteiger partial charge in [-0.2, -0.15) is 0 Å². The van der Waals surface area contributed by atoms with Gasteiger partial charge in [0.2, 0.25) is 0 Å². The Kier molecular flexibility index (Phi) is 8.36. The van der Waals surface area contributed by atoms with Gasteiger partial charge in [0, 0.05) is 22.5 Å². The Morgan fingerprint density at radius 3 is 2.77 bits per heavy atom. The molecule has 2 heterocycles. The van der Waals surface area contributed by atoms with Gasteiger partial charge >= 0.3 is 0 Å². The van der Waals surface area contributed by atoms with Gasteiger partial charge in [0.15, 0.2) is 5.17 Å². The number of rotatable bonds is 3. The lowest BCUT2D eigenvalue weighted by Crippen LogP contribution is -2.32. The Morgan fingerprint density at radius 1 is 1.32 bits per heavy atom. The maximum Gasteiger partial charge on any atom is 0.161 e. The van der Waals surface area contributed by atoms with Crippen LogP contribution < -0.4 is 5.32 Å². The van der Waals surface area contributed by atoms with Crippen molar-refractivity contribution in [3.63, 3.8) is 0 Å². The number of benzene rings is 1. The van der Waals surface area contributed by atoms with E-state index in [-0.39, 0.29) is 24.8 Å². The van der Waals surface area contributed by atoms with E-state index in [1.807, 2.05) is 30.0 Å². The lowest BCUT2D eigenvalue weighted by Gasteiger charge is -2.24. The third kappa shape index (κ3) is 4.93. The second-order valence-corrected chi connectivity index (χ2v) is 6.90. The number of hydrogen-bond donors (Lipinski definition) is 1. The van der Waals surface area contributed by atoms with Crippen LogP contribution in [0.1, 0.15) is 25.3 Å². The predicted octanol–water partition coefficient (Wildman–Crippen LogP) is 4.68. The Balaban J connectivity index is 0.00000121. The summed E-state index contributed by atoms with van der Waals surface area (Å²) in [7, 11) is 0. The van der Waals surface area contributed by atoms with Crippen molar-refractivity contribution in [2.45, 2.75) is 32.4 Å². The Hall–Kier alpha value is -0.130. The van der Waals surface area contributed by atoms with Crippen molar-refractivity contribution in [2.75, 3.05) is 24.2 Å². The molecule has 1 atom stereocenters. The van der Waals surface area contributed by atoms with Crippen molar-refractivity contribution in [3.8, 4) is 0 Å². The second kappa shape index (κ2) is 9.24. The summed E-state index contributed by atoms with van der Waals surface area (Å²) in [6.07, 6.45) is 2.70. The number of aliphatic imine (C=N–C) groups is 1. The Labute approximate surface area is 154 Å². The number of hydrogen-bond acceptors (Lipinski definition) is 4. The third-order valence-electron chi connectivity index (χ3n) is 3.93. The molecule has 0 bridgehead atoms. The summed E-state index contributed by atoms with van der Waals surface area (Å²) in [6.45, 7) is 5.55. The molecule has 1 aromatic carbocycles. The fourth-order valence-corrected chi connectivity index (χ4v) is 3.84. The maximum atomic E-state index is 6.00. The summed E-state index contributed by atoms with van der Waals surface area (Å²) in [6, 6.07) is 6.57. The average Bonchev–Trinajstić information content (AvgIpc) is 2.99. The van der Waals surface area contributed by atoms with E-state index in [2.05, 4.69) is 22.1 Å². The zero-order valence-electron chi connectivity index (χ0n) is 12.5. The average molecular weight is 383 g/mol. The van der Waals surface area contributed by atoms with E-state index in [0.717, 1.165) is 28.2 Å². The molecule has 0 aromatic heterocycles. The summed E-state index contributed by atoms with van der Waals surface area (Å²) in [4.78, 5) is 7.18. The van der Waals surface area contributed by atoms with E-state index < -0.39 is 0 Å². The summed E-state index contributed by atoms with van der Waals surface area (Å²) < 4.78 is 0. The fourth-order valence-electron chi connectivity index (χ4n) is 2.70. The number of anilines is 1. The predicted molar refractivity (Wildman–Crippen MR) is 103 cm³/mol. The monoisotopic (exact) mass is 381 g/mol. The van der Waals surface area contributed by atoms with E-state index >= 15 is 0 Å². The van der Waals surface area contributed by atoms with Gasteiger partial charge in [0.25, 0.3) is 0 Å². The Morgan fingerprint density at radius 2 is 2.05 bits per heavy atom. The van der Waals surface area contributed by atoms with Gasteiger partial charge in [-0.05, 0) is 56.6 Å². The highest BCUT2D eigenvalue weighted by Crippen LogP contribution is 2.27. The summed E-state index contributed by atoms with van der Waals surface area (Å²) in [5, 5.41) is 5.22. The molecule has 0 unspecified atom stereocenters. The molecule has 0 radical (unpaired) electrons.